The molecule has 0 aromatic heterocycles. The Bertz CT molecular complexity index is 325. The van der Waals surface area contributed by atoms with Crippen LogP contribution in [0.1, 0.15) is 45.4 Å². The van der Waals surface area contributed by atoms with Gasteiger partial charge in [0.2, 0.25) is 5.91 Å². The minimum absolute atomic E-state index is 0.298. The zero-order valence-corrected chi connectivity index (χ0v) is 12.2. The van der Waals surface area contributed by atoms with Gasteiger partial charge in [0.15, 0.2) is 0 Å². The first-order valence-electron chi connectivity index (χ1n) is 7.97. The van der Waals surface area contributed by atoms with Gasteiger partial charge in [0, 0.05) is 19.5 Å². The first-order valence-corrected chi connectivity index (χ1v) is 7.97. The summed E-state index contributed by atoms with van der Waals surface area (Å²) in [5, 5.41) is 9.36. The second-order valence-electron chi connectivity index (χ2n) is 7.35. The Hall–Kier alpha value is -0.570. The number of carbonyl (C=O) groups excluding carboxylic acids is 1. The Kier molecular flexibility index (Phi) is 3.59. The number of hydrogen-bond donors (Lipinski definition) is 1. The Morgan fingerprint density at radius 3 is 2.16 bits per heavy atom. The van der Waals surface area contributed by atoms with E-state index in [1.54, 1.807) is 6.92 Å². The molecule has 4 fully saturated rings. The maximum atomic E-state index is 12.7. The molecule has 0 aromatic rings. The molecule has 4 saturated carbocycles. The number of nitrogens with zero attached hydrogens (tertiary/aromatic N) is 1. The third-order valence-electron chi connectivity index (χ3n) is 5.77. The van der Waals surface area contributed by atoms with Crippen molar-refractivity contribution in [1.82, 2.24) is 4.90 Å². The second kappa shape index (κ2) is 5.08. The van der Waals surface area contributed by atoms with Crippen molar-refractivity contribution in [2.24, 2.45) is 29.6 Å². The van der Waals surface area contributed by atoms with Gasteiger partial charge in [-0.2, -0.15) is 0 Å². The maximum Gasteiger partial charge on any atom is 0.225 e. The van der Waals surface area contributed by atoms with Crippen molar-refractivity contribution >= 4 is 5.91 Å². The molecule has 0 spiro atoms. The van der Waals surface area contributed by atoms with Gasteiger partial charge in [0.25, 0.3) is 0 Å². The summed E-state index contributed by atoms with van der Waals surface area (Å²) in [6.07, 6.45) is 7.01. The molecule has 3 heteroatoms. The molecule has 1 atom stereocenters. The summed E-state index contributed by atoms with van der Waals surface area (Å²) in [6.45, 7) is 2.49. The SMILES string of the molecule is CC(O)CCN(C)C(=O)C1C2CC3CC(C2)CC1C3. The molecule has 0 saturated heterocycles. The van der Waals surface area contributed by atoms with E-state index >= 15 is 0 Å². The van der Waals surface area contributed by atoms with Gasteiger partial charge < -0.3 is 10.0 Å². The fourth-order valence-corrected chi connectivity index (χ4v) is 5.07. The van der Waals surface area contributed by atoms with Crippen molar-refractivity contribution < 1.29 is 9.90 Å². The molecule has 0 aliphatic heterocycles. The molecule has 3 nitrogen and oxygen atoms in total. The van der Waals surface area contributed by atoms with Crippen molar-refractivity contribution in [2.75, 3.05) is 13.6 Å². The number of aliphatic hydroxyl groups excluding tert-OH is 1. The third-order valence-corrected chi connectivity index (χ3v) is 5.77. The minimum atomic E-state index is -0.311. The highest BCUT2D eigenvalue weighted by molar-refractivity contribution is 5.79. The quantitative estimate of drug-likeness (QED) is 0.847. The number of rotatable bonds is 4. The summed E-state index contributed by atoms with van der Waals surface area (Å²) >= 11 is 0. The highest BCUT2D eigenvalue weighted by Gasteiger charge is 2.51. The zero-order chi connectivity index (χ0) is 13.6. The average molecular weight is 265 g/mol. The highest BCUT2D eigenvalue weighted by Crippen LogP contribution is 2.56. The van der Waals surface area contributed by atoms with E-state index in [4.69, 9.17) is 0 Å². The van der Waals surface area contributed by atoms with Gasteiger partial charge >= 0.3 is 0 Å². The summed E-state index contributed by atoms with van der Waals surface area (Å²) in [5.74, 6) is 3.83. The standard InChI is InChI=1S/C16H27NO2/c1-10(18)3-4-17(2)16(19)15-13-6-11-5-12(8-13)9-14(15)7-11/h10-15,18H,3-9H2,1-2H3. The van der Waals surface area contributed by atoms with E-state index in [9.17, 15) is 9.90 Å². The first kappa shape index (κ1) is 13.4. The van der Waals surface area contributed by atoms with Gasteiger partial charge in [0.1, 0.15) is 0 Å². The van der Waals surface area contributed by atoms with Crippen LogP contribution < -0.4 is 0 Å². The molecule has 4 bridgehead atoms. The van der Waals surface area contributed by atoms with E-state index < -0.39 is 0 Å². The van der Waals surface area contributed by atoms with E-state index in [0.717, 1.165) is 11.8 Å². The maximum absolute atomic E-state index is 12.7. The number of amides is 1. The van der Waals surface area contributed by atoms with Crippen LogP contribution in [0.4, 0.5) is 0 Å². The lowest BCUT2D eigenvalue weighted by Gasteiger charge is -2.54. The topological polar surface area (TPSA) is 40.5 Å². The van der Waals surface area contributed by atoms with Crippen molar-refractivity contribution in [3.05, 3.63) is 0 Å². The molecule has 4 rings (SSSR count). The van der Waals surface area contributed by atoms with E-state index in [2.05, 4.69) is 0 Å². The van der Waals surface area contributed by atoms with Crippen LogP contribution in [0.15, 0.2) is 0 Å². The van der Waals surface area contributed by atoms with Crippen molar-refractivity contribution in [3.63, 3.8) is 0 Å². The van der Waals surface area contributed by atoms with Crippen molar-refractivity contribution in [2.45, 2.75) is 51.6 Å². The van der Waals surface area contributed by atoms with E-state index in [1.807, 2.05) is 11.9 Å². The third kappa shape index (κ3) is 2.54. The zero-order valence-electron chi connectivity index (χ0n) is 12.2. The molecule has 19 heavy (non-hydrogen) atoms. The normalized spacial score (nSPS) is 41.3. The van der Waals surface area contributed by atoms with E-state index in [-0.39, 0.29) is 6.10 Å². The number of carbonyl (C=O) groups is 1. The monoisotopic (exact) mass is 265 g/mol. The van der Waals surface area contributed by atoms with Gasteiger partial charge in [-0.1, -0.05) is 0 Å². The van der Waals surface area contributed by atoms with E-state index in [0.29, 0.717) is 36.6 Å². The van der Waals surface area contributed by atoms with Crippen LogP contribution in [0.2, 0.25) is 0 Å². The van der Waals surface area contributed by atoms with Crippen LogP contribution >= 0.6 is 0 Å². The van der Waals surface area contributed by atoms with Gasteiger partial charge in [-0.05, 0) is 69.1 Å². The van der Waals surface area contributed by atoms with Gasteiger partial charge in [0.05, 0.1) is 6.10 Å². The molecular weight excluding hydrogens is 238 g/mol. The fraction of sp³-hybridized carbons (Fsp3) is 0.938. The van der Waals surface area contributed by atoms with E-state index in [1.165, 1.54) is 32.1 Å². The van der Waals surface area contributed by atoms with Gasteiger partial charge in [-0.25, -0.2) is 0 Å². The smallest absolute Gasteiger partial charge is 0.225 e. The second-order valence-corrected chi connectivity index (χ2v) is 7.35. The van der Waals surface area contributed by atoms with Crippen LogP contribution in [0, 0.1) is 29.6 Å². The molecule has 0 aromatic carbocycles. The molecule has 108 valence electrons. The lowest BCUT2D eigenvalue weighted by atomic mass is 9.51. The molecule has 1 N–H and O–H groups in total. The Morgan fingerprint density at radius 2 is 1.68 bits per heavy atom. The van der Waals surface area contributed by atoms with Crippen LogP contribution in [-0.2, 0) is 4.79 Å². The average Bonchev–Trinajstić information content (AvgIpc) is 2.34. The molecule has 4 aliphatic rings. The van der Waals surface area contributed by atoms with Crippen molar-refractivity contribution in [1.29, 1.82) is 0 Å². The van der Waals surface area contributed by atoms with Crippen LogP contribution in [0.3, 0.4) is 0 Å². The van der Waals surface area contributed by atoms with Crippen LogP contribution in [0.5, 0.6) is 0 Å². The largest absolute Gasteiger partial charge is 0.393 e. The number of aliphatic hydroxyl groups is 1. The summed E-state index contributed by atoms with van der Waals surface area (Å²) in [7, 11) is 1.91. The molecular formula is C16H27NO2. The summed E-state index contributed by atoms with van der Waals surface area (Å²) in [4.78, 5) is 14.6. The Labute approximate surface area is 116 Å². The molecule has 0 radical (unpaired) electrons. The fourth-order valence-electron chi connectivity index (χ4n) is 5.07. The van der Waals surface area contributed by atoms with Crippen LogP contribution in [0.25, 0.3) is 0 Å². The van der Waals surface area contributed by atoms with Gasteiger partial charge in [-0.15, -0.1) is 0 Å². The van der Waals surface area contributed by atoms with Crippen LogP contribution in [-0.4, -0.2) is 35.6 Å². The summed E-state index contributed by atoms with van der Waals surface area (Å²) in [5.41, 5.74) is 0. The molecule has 4 aliphatic carbocycles. The Morgan fingerprint density at radius 1 is 1.16 bits per heavy atom. The predicted molar refractivity (Wildman–Crippen MR) is 74.5 cm³/mol. The highest BCUT2D eigenvalue weighted by atomic mass is 16.3. The molecule has 1 unspecified atom stereocenters. The van der Waals surface area contributed by atoms with Crippen molar-refractivity contribution in [3.8, 4) is 0 Å². The molecule has 1 amide bonds. The minimum Gasteiger partial charge on any atom is -0.393 e. The summed E-state index contributed by atoms with van der Waals surface area (Å²) in [6, 6.07) is 0. The molecule has 0 heterocycles. The lowest BCUT2D eigenvalue weighted by Crippen LogP contribution is -2.51. The Balaban J connectivity index is 1.63. The lowest BCUT2D eigenvalue weighted by molar-refractivity contribution is -0.147. The predicted octanol–water partition coefficient (Wildman–Crippen LogP) is 2.29. The number of hydrogen-bond acceptors (Lipinski definition) is 2. The first-order chi connectivity index (χ1) is 9.04. The summed E-state index contributed by atoms with van der Waals surface area (Å²) < 4.78 is 0. The van der Waals surface area contributed by atoms with Gasteiger partial charge in [-0.3, -0.25) is 4.79 Å².